The molecule has 0 bridgehead atoms. The summed E-state index contributed by atoms with van der Waals surface area (Å²) in [6, 6.07) is 23.1. The second-order valence-corrected chi connectivity index (χ2v) is 8.32. The van der Waals surface area contributed by atoms with Gasteiger partial charge in [0.25, 0.3) is 5.97 Å². The summed E-state index contributed by atoms with van der Waals surface area (Å²) in [7, 11) is 0. The number of aliphatic carboxylic acids is 1. The van der Waals surface area contributed by atoms with Crippen LogP contribution in [0.1, 0.15) is 26.3 Å². The molecule has 6 N–H and O–H groups in total. The van der Waals surface area contributed by atoms with Crippen molar-refractivity contribution in [1.82, 2.24) is 15.5 Å². The fourth-order valence-electron chi connectivity index (χ4n) is 3.30. The van der Waals surface area contributed by atoms with Crippen LogP contribution in [0.5, 0.6) is 11.5 Å². The van der Waals surface area contributed by atoms with Gasteiger partial charge in [-0.15, -0.1) is 0 Å². The highest BCUT2D eigenvalue weighted by atomic mass is 16.4. The number of H-pyrrole nitrogens is 1. The number of aromatic amines is 1. The quantitative estimate of drug-likeness (QED) is 0.209. The highest BCUT2D eigenvalue weighted by Gasteiger charge is 2.08. The summed E-state index contributed by atoms with van der Waals surface area (Å²) in [5.74, 6) is -0.00711. The SMILES string of the molecule is CC(=O)O.CC(C)NCc1ccc(Nc2cc(-c3ccc(-c4ccc(O)cc4O)cc3)[nH]n2)cc1. The lowest BCUT2D eigenvalue weighted by Gasteiger charge is -2.09. The molecule has 182 valence electrons. The third-order valence-corrected chi connectivity index (χ3v) is 5.01. The minimum Gasteiger partial charge on any atom is -0.508 e. The van der Waals surface area contributed by atoms with E-state index < -0.39 is 5.97 Å². The first-order valence-corrected chi connectivity index (χ1v) is 11.2. The van der Waals surface area contributed by atoms with Gasteiger partial charge in [-0.3, -0.25) is 9.89 Å². The minimum atomic E-state index is -0.833. The van der Waals surface area contributed by atoms with Crippen LogP contribution in [0.15, 0.2) is 72.8 Å². The van der Waals surface area contributed by atoms with Crippen molar-refractivity contribution in [2.45, 2.75) is 33.4 Å². The summed E-state index contributed by atoms with van der Waals surface area (Å²) in [6.45, 7) is 6.20. The zero-order chi connectivity index (χ0) is 25.4. The highest BCUT2D eigenvalue weighted by molar-refractivity contribution is 5.74. The fourth-order valence-corrected chi connectivity index (χ4v) is 3.30. The number of aromatic nitrogens is 2. The molecule has 0 unspecified atom stereocenters. The number of carboxylic acid groups (broad SMARTS) is 1. The Balaban J connectivity index is 0.000000795. The minimum absolute atomic E-state index is 0.0391. The van der Waals surface area contributed by atoms with E-state index in [0.717, 1.165) is 41.8 Å². The molecule has 0 aliphatic heterocycles. The van der Waals surface area contributed by atoms with Crippen LogP contribution >= 0.6 is 0 Å². The maximum absolute atomic E-state index is 10.1. The number of aromatic hydroxyl groups is 2. The average molecular weight is 475 g/mol. The first kappa shape index (κ1) is 25.3. The van der Waals surface area contributed by atoms with Gasteiger partial charge in [-0.2, -0.15) is 5.10 Å². The number of phenols is 2. The molecular formula is C27H30N4O4. The summed E-state index contributed by atoms with van der Waals surface area (Å²) >= 11 is 0. The smallest absolute Gasteiger partial charge is 0.300 e. The van der Waals surface area contributed by atoms with E-state index in [-0.39, 0.29) is 11.5 Å². The van der Waals surface area contributed by atoms with Gasteiger partial charge in [-0.05, 0) is 41.0 Å². The van der Waals surface area contributed by atoms with E-state index in [0.29, 0.717) is 11.6 Å². The Labute approximate surface area is 204 Å². The summed E-state index contributed by atoms with van der Waals surface area (Å²) in [6.07, 6.45) is 0. The van der Waals surface area contributed by atoms with Crippen LogP contribution in [0.3, 0.4) is 0 Å². The lowest BCUT2D eigenvalue weighted by atomic mass is 10.0. The lowest BCUT2D eigenvalue weighted by molar-refractivity contribution is -0.134. The van der Waals surface area contributed by atoms with Crippen molar-refractivity contribution in [2.75, 3.05) is 5.32 Å². The molecule has 4 rings (SSSR count). The Kier molecular flexibility index (Phi) is 8.48. The first-order valence-electron chi connectivity index (χ1n) is 11.2. The Morgan fingerprint density at radius 3 is 2.17 bits per heavy atom. The normalized spacial score (nSPS) is 10.5. The molecule has 0 aliphatic rings. The van der Waals surface area contributed by atoms with Crippen LogP contribution in [0.2, 0.25) is 0 Å². The van der Waals surface area contributed by atoms with Crippen molar-refractivity contribution in [3.05, 3.63) is 78.4 Å². The van der Waals surface area contributed by atoms with Crippen LogP contribution in [0.4, 0.5) is 11.5 Å². The molecule has 0 aliphatic carbocycles. The number of nitrogens with one attached hydrogen (secondary N) is 3. The van der Waals surface area contributed by atoms with Gasteiger partial charge in [0.1, 0.15) is 11.5 Å². The second-order valence-electron chi connectivity index (χ2n) is 8.32. The molecule has 0 spiro atoms. The molecule has 35 heavy (non-hydrogen) atoms. The number of hydrogen-bond acceptors (Lipinski definition) is 6. The van der Waals surface area contributed by atoms with Crippen molar-refractivity contribution in [3.8, 4) is 33.9 Å². The summed E-state index contributed by atoms with van der Waals surface area (Å²) in [4.78, 5) is 9.00. The molecule has 3 aromatic carbocycles. The van der Waals surface area contributed by atoms with Crippen LogP contribution in [-0.4, -0.2) is 37.5 Å². The number of benzene rings is 3. The van der Waals surface area contributed by atoms with Crippen LogP contribution in [0.25, 0.3) is 22.4 Å². The molecule has 0 saturated carbocycles. The topological polar surface area (TPSA) is 130 Å². The number of hydrogen-bond donors (Lipinski definition) is 6. The molecule has 1 heterocycles. The number of nitrogens with zero attached hydrogens (tertiary/aromatic N) is 1. The molecule has 0 saturated heterocycles. The van der Waals surface area contributed by atoms with E-state index in [1.165, 1.54) is 11.6 Å². The Morgan fingerprint density at radius 2 is 1.57 bits per heavy atom. The van der Waals surface area contributed by atoms with Crippen LogP contribution < -0.4 is 10.6 Å². The lowest BCUT2D eigenvalue weighted by Crippen LogP contribution is -2.21. The van der Waals surface area contributed by atoms with E-state index in [4.69, 9.17) is 9.90 Å². The van der Waals surface area contributed by atoms with E-state index in [1.807, 2.05) is 42.5 Å². The van der Waals surface area contributed by atoms with E-state index in [1.54, 1.807) is 12.1 Å². The maximum atomic E-state index is 10.1. The van der Waals surface area contributed by atoms with Crippen molar-refractivity contribution in [2.24, 2.45) is 0 Å². The number of carboxylic acids is 1. The number of anilines is 2. The maximum Gasteiger partial charge on any atom is 0.300 e. The van der Waals surface area contributed by atoms with Crippen LogP contribution in [0, 0.1) is 0 Å². The van der Waals surface area contributed by atoms with Gasteiger partial charge in [-0.1, -0.05) is 50.2 Å². The highest BCUT2D eigenvalue weighted by Crippen LogP contribution is 2.33. The zero-order valence-electron chi connectivity index (χ0n) is 19.9. The molecular weight excluding hydrogens is 444 g/mol. The van der Waals surface area contributed by atoms with Crippen LogP contribution in [-0.2, 0) is 11.3 Å². The predicted octanol–water partition coefficient (Wildman–Crippen LogP) is 5.49. The van der Waals surface area contributed by atoms with E-state index in [9.17, 15) is 10.2 Å². The van der Waals surface area contributed by atoms with Crippen molar-refractivity contribution >= 4 is 17.5 Å². The van der Waals surface area contributed by atoms with Crippen molar-refractivity contribution in [1.29, 1.82) is 0 Å². The van der Waals surface area contributed by atoms with E-state index >= 15 is 0 Å². The average Bonchev–Trinajstić information content (AvgIpc) is 3.27. The van der Waals surface area contributed by atoms with Gasteiger partial charge >= 0.3 is 0 Å². The third kappa shape index (κ3) is 7.62. The largest absolute Gasteiger partial charge is 0.508 e. The van der Waals surface area contributed by atoms with Gasteiger partial charge in [0.05, 0.1) is 5.69 Å². The zero-order valence-corrected chi connectivity index (χ0v) is 19.9. The predicted molar refractivity (Wildman–Crippen MR) is 138 cm³/mol. The second kappa shape index (κ2) is 11.7. The van der Waals surface area contributed by atoms with Crippen molar-refractivity contribution < 1.29 is 20.1 Å². The standard InChI is InChI=1S/C25H26N4O2.C2H4O2/c1-16(2)26-15-17-3-9-20(10-4-17)27-25-14-23(28-29-25)19-7-5-18(6-8-19)22-12-11-21(30)13-24(22)31;1-2(3)4/h3-14,16,26,30-31H,15H2,1-2H3,(H2,27,28,29);1H3,(H,3,4). The molecule has 0 radical (unpaired) electrons. The Bertz CT molecular complexity index is 1250. The van der Waals surface area contributed by atoms with Crippen molar-refractivity contribution in [3.63, 3.8) is 0 Å². The van der Waals surface area contributed by atoms with Gasteiger partial charge in [0.2, 0.25) is 0 Å². The molecule has 1 aromatic heterocycles. The third-order valence-electron chi connectivity index (χ3n) is 5.01. The molecule has 8 heteroatoms. The Morgan fingerprint density at radius 1 is 0.943 bits per heavy atom. The fraction of sp³-hybridized carbons (Fsp3) is 0.185. The summed E-state index contributed by atoms with van der Waals surface area (Å²) in [5.41, 5.74) is 5.63. The molecule has 0 atom stereocenters. The molecule has 0 amide bonds. The number of rotatable bonds is 7. The first-order chi connectivity index (χ1) is 16.7. The molecule has 4 aromatic rings. The number of carbonyl (C=O) groups is 1. The monoisotopic (exact) mass is 474 g/mol. The summed E-state index contributed by atoms with van der Waals surface area (Å²) in [5, 5.41) is 41.1. The molecule has 8 nitrogen and oxygen atoms in total. The molecule has 0 fully saturated rings. The Hall–Kier alpha value is -4.30. The van der Waals surface area contributed by atoms with Gasteiger partial charge in [-0.25, -0.2) is 0 Å². The van der Waals surface area contributed by atoms with Gasteiger partial charge in [0, 0.05) is 42.9 Å². The summed E-state index contributed by atoms with van der Waals surface area (Å²) < 4.78 is 0. The van der Waals surface area contributed by atoms with Gasteiger partial charge < -0.3 is 26.0 Å². The van der Waals surface area contributed by atoms with Gasteiger partial charge in [0.15, 0.2) is 5.82 Å². The van der Waals surface area contributed by atoms with E-state index in [2.05, 4.69) is 46.8 Å². The number of phenolic OH excluding ortho intramolecular Hbond substituents is 2.